The van der Waals surface area contributed by atoms with Crippen molar-refractivity contribution in [1.82, 2.24) is 9.80 Å². The summed E-state index contributed by atoms with van der Waals surface area (Å²) in [6.45, 7) is 0.453. The average Bonchev–Trinajstić information content (AvgIpc) is 2.91. The van der Waals surface area contributed by atoms with Gasteiger partial charge in [-0.3, -0.25) is 14.6 Å². The number of nitrogens with zero attached hydrogens (tertiary/aromatic N) is 4. The summed E-state index contributed by atoms with van der Waals surface area (Å²) in [4.78, 5) is 31.7. The highest BCUT2D eigenvalue weighted by Crippen LogP contribution is 2.25. The topological polar surface area (TPSA) is 56.0 Å². The van der Waals surface area contributed by atoms with Gasteiger partial charge in [-0.15, -0.1) is 0 Å². The minimum absolute atomic E-state index is 0.275. The van der Waals surface area contributed by atoms with E-state index < -0.39 is 6.04 Å². The Kier molecular flexibility index (Phi) is 4.16. The first-order valence-electron chi connectivity index (χ1n) is 7.00. The van der Waals surface area contributed by atoms with Crippen molar-refractivity contribution in [3.63, 3.8) is 0 Å². The Morgan fingerprint density at radius 2 is 1.96 bits per heavy atom. The molecule has 120 valence electrons. The first-order valence-corrected chi connectivity index (χ1v) is 8.60. The molecule has 23 heavy (non-hydrogen) atoms. The molecule has 0 aromatic heterocycles. The smallest absolute Gasteiger partial charge is 0.269 e. The van der Waals surface area contributed by atoms with Gasteiger partial charge >= 0.3 is 11.2 Å². The highest BCUT2D eigenvalue weighted by atomic mass is 35.5. The summed E-state index contributed by atoms with van der Waals surface area (Å²) in [7, 11) is 3.12. The second kappa shape index (κ2) is 5.98. The van der Waals surface area contributed by atoms with Crippen LogP contribution >= 0.6 is 23.4 Å². The molecule has 0 aliphatic carbocycles. The predicted octanol–water partition coefficient (Wildman–Crippen LogP) is 1.88. The molecule has 1 aromatic rings. The lowest BCUT2D eigenvalue weighted by Crippen LogP contribution is -2.61. The standard InChI is InChI=1S/C15H16ClN4O2S/c1-18-12-11(13(21)19(2)15(18)22)20(14(17-12)23-3)8-9-6-4-5-7-10(9)16/h4-7,11H,8H2,1-3H3/q+1. The van der Waals surface area contributed by atoms with Crippen molar-refractivity contribution in [2.75, 3.05) is 20.4 Å². The van der Waals surface area contributed by atoms with Crippen molar-refractivity contribution in [2.45, 2.75) is 12.6 Å². The number of halogens is 1. The van der Waals surface area contributed by atoms with Crippen molar-refractivity contribution in [1.29, 1.82) is 0 Å². The number of benzene rings is 1. The maximum absolute atomic E-state index is 12.6. The van der Waals surface area contributed by atoms with E-state index in [4.69, 9.17) is 11.6 Å². The molecule has 8 heteroatoms. The number of imide groups is 1. The van der Waals surface area contributed by atoms with Gasteiger partial charge in [-0.2, -0.15) is 0 Å². The Labute approximate surface area is 143 Å². The number of carbonyl (C=O) groups excluding carboxylic acids is 2. The van der Waals surface area contributed by atoms with Gasteiger partial charge in [0.2, 0.25) is 0 Å². The number of amidine groups is 2. The number of urea groups is 1. The Morgan fingerprint density at radius 3 is 2.61 bits per heavy atom. The van der Waals surface area contributed by atoms with Crippen LogP contribution in [0.4, 0.5) is 4.79 Å². The number of amides is 3. The summed E-state index contributed by atoms with van der Waals surface area (Å²) in [5, 5.41) is 1.34. The van der Waals surface area contributed by atoms with Crippen molar-refractivity contribution in [3.8, 4) is 0 Å². The SMILES string of the molecule is CSC1=[N+](Cc2ccccc2Cl)C2C(=O)N(C)C(=O)N(C)C2=N1. The molecule has 0 spiro atoms. The Balaban J connectivity index is 2.02. The van der Waals surface area contributed by atoms with Crippen LogP contribution in [-0.4, -0.2) is 63.7 Å². The molecule has 6 nitrogen and oxygen atoms in total. The fraction of sp³-hybridized carbons (Fsp3) is 0.333. The summed E-state index contributed by atoms with van der Waals surface area (Å²) in [5.74, 6) is 0.192. The van der Waals surface area contributed by atoms with Crippen LogP contribution in [0.1, 0.15) is 5.56 Å². The molecular formula is C15H16ClN4O2S+. The zero-order valence-electron chi connectivity index (χ0n) is 13.0. The average molecular weight is 352 g/mol. The lowest BCUT2D eigenvalue weighted by atomic mass is 10.1. The number of rotatable bonds is 2. The molecule has 3 rings (SSSR count). The zero-order valence-corrected chi connectivity index (χ0v) is 14.6. The van der Waals surface area contributed by atoms with Crippen LogP contribution in [-0.2, 0) is 11.3 Å². The molecule has 3 amide bonds. The highest BCUT2D eigenvalue weighted by molar-refractivity contribution is 8.13. The minimum Gasteiger partial charge on any atom is -0.269 e. The van der Waals surface area contributed by atoms with E-state index in [0.29, 0.717) is 22.6 Å². The maximum atomic E-state index is 12.6. The van der Waals surface area contributed by atoms with Crippen molar-refractivity contribution in [3.05, 3.63) is 34.9 Å². The number of hydrogen-bond donors (Lipinski definition) is 0. The molecule has 0 radical (unpaired) electrons. The number of thioether (sulfide) groups is 1. The largest absolute Gasteiger partial charge is 0.357 e. The van der Waals surface area contributed by atoms with E-state index in [1.54, 1.807) is 7.05 Å². The number of hydrogen-bond acceptors (Lipinski definition) is 4. The Hall–Kier alpha value is -1.86. The second-order valence-electron chi connectivity index (χ2n) is 5.32. The van der Waals surface area contributed by atoms with Gasteiger partial charge < -0.3 is 0 Å². The third kappa shape index (κ3) is 2.53. The normalized spacial score (nSPS) is 21.0. The van der Waals surface area contributed by atoms with Gasteiger partial charge in [-0.25, -0.2) is 9.37 Å². The van der Waals surface area contributed by atoms with Crippen molar-refractivity contribution >= 4 is 46.3 Å². The number of fused-ring (bicyclic) bond motifs is 1. The third-order valence-corrected chi connectivity index (χ3v) is 5.03. The fourth-order valence-electron chi connectivity index (χ4n) is 2.71. The number of carbonyl (C=O) groups is 2. The number of likely N-dealkylation sites (N-methyl/N-ethyl adjacent to an activating group) is 2. The van der Waals surface area contributed by atoms with E-state index in [2.05, 4.69) is 4.99 Å². The summed E-state index contributed by atoms with van der Waals surface area (Å²) in [5.41, 5.74) is 0.909. The third-order valence-electron chi connectivity index (χ3n) is 3.98. The van der Waals surface area contributed by atoms with Crippen LogP contribution in [0.2, 0.25) is 5.02 Å². The molecule has 1 saturated heterocycles. The van der Waals surface area contributed by atoms with E-state index in [1.165, 1.54) is 23.7 Å². The van der Waals surface area contributed by atoms with Crippen LogP contribution in [0.3, 0.4) is 0 Å². The molecule has 0 N–H and O–H groups in total. The molecule has 0 saturated carbocycles. The van der Waals surface area contributed by atoms with Crippen LogP contribution in [0, 0.1) is 0 Å². The van der Waals surface area contributed by atoms with Gasteiger partial charge in [-0.1, -0.05) is 29.8 Å². The van der Waals surface area contributed by atoms with Gasteiger partial charge in [-0.05, 0) is 29.1 Å². The molecule has 2 aliphatic rings. The monoisotopic (exact) mass is 351 g/mol. The van der Waals surface area contributed by atoms with Crippen molar-refractivity contribution in [2.24, 2.45) is 4.99 Å². The molecule has 1 atom stereocenters. The Morgan fingerprint density at radius 1 is 1.26 bits per heavy atom. The molecule has 2 heterocycles. The fourth-order valence-corrected chi connectivity index (χ4v) is 3.49. The van der Waals surface area contributed by atoms with Gasteiger partial charge in [0.1, 0.15) is 6.54 Å². The molecular weight excluding hydrogens is 336 g/mol. The van der Waals surface area contributed by atoms with E-state index in [-0.39, 0.29) is 11.9 Å². The van der Waals surface area contributed by atoms with Crippen LogP contribution in [0.15, 0.2) is 29.3 Å². The predicted molar refractivity (Wildman–Crippen MR) is 91.1 cm³/mol. The van der Waals surface area contributed by atoms with Gasteiger partial charge in [0.25, 0.3) is 17.8 Å². The quantitative estimate of drug-likeness (QED) is 0.764. The van der Waals surface area contributed by atoms with Gasteiger partial charge in [0, 0.05) is 24.7 Å². The lowest BCUT2D eigenvalue weighted by Gasteiger charge is -2.30. The number of aliphatic imine (C=N–C) groups is 1. The van der Waals surface area contributed by atoms with Crippen molar-refractivity contribution < 1.29 is 14.2 Å². The van der Waals surface area contributed by atoms with E-state index in [0.717, 1.165) is 10.5 Å². The van der Waals surface area contributed by atoms with Crippen LogP contribution in [0.5, 0.6) is 0 Å². The molecule has 1 unspecified atom stereocenters. The summed E-state index contributed by atoms with van der Waals surface area (Å²) >= 11 is 7.69. The minimum atomic E-state index is -0.596. The first kappa shape index (κ1) is 16.0. The molecule has 2 aliphatic heterocycles. The maximum Gasteiger partial charge on any atom is 0.357 e. The van der Waals surface area contributed by atoms with E-state index in [1.807, 2.05) is 35.1 Å². The van der Waals surface area contributed by atoms with Crippen LogP contribution < -0.4 is 0 Å². The second-order valence-corrected chi connectivity index (χ2v) is 6.50. The zero-order chi connectivity index (χ0) is 16.7. The molecule has 1 fully saturated rings. The first-order chi connectivity index (χ1) is 11.0. The summed E-state index contributed by atoms with van der Waals surface area (Å²) in [6.07, 6.45) is 1.90. The van der Waals surface area contributed by atoms with E-state index in [9.17, 15) is 9.59 Å². The summed E-state index contributed by atoms with van der Waals surface area (Å²) in [6, 6.07) is 6.54. The van der Waals surface area contributed by atoms with Gasteiger partial charge in [0.15, 0.2) is 0 Å². The molecule has 0 bridgehead atoms. The van der Waals surface area contributed by atoms with Gasteiger partial charge in [0.05, 0.1) is 0 Å². The molecule has 1 aromatic carbocycles. The van der Waals surface area contributed by atoms with Crippen LogP contribution in [0.25, 0.3) is 0 Å². The lowest BCUT2D eigenvalue weighted by molar-refractivity contribution is -0.548. The summed E-state index contributed by atoms with van der Waals surface area (Å²) < 4.78 is 1.89. The van der Waals surface area contributed by atoms with E-state index >= 15 is 0 Å². The highest BCUT2D eigenvalue weighted by Gasteiger charge is 2.52. The Bertz CT molecular complexity index is 762.